The molecule has 21 heavy (non-hydrogen) atoms. The second-order valence-corrected chi connectivity index (χ2v) is 6.91. The molecule has 0 aromatic heterocycles. The van der Waals surface area contributed by atoms with Crippen molar-refractivity contribution in [3.05, 3.63) is 35.4 Å². The van der Waals surface area contributed by atoms with Crippen LogP contribution in [0.3, 0.4) is 0 Å². The number of benzene rings is 1. The van der Waals surface area contributed by atoms with Gasteiger partial charge in [-0.1, -0.05) is 24.0 Å². The molecule has 1 N–H and O–H groups in total. The average molecular weight is 306 g/mol. The number of sulfonamides is 1. The van der Waals surface area contributed by atoms with Crippen molar-refractivity contribution in [3.8, 4) is 17.9 Å². The maximum atomic E-state index is 12.0. The summed E-state index contributed by atoms with van der Waals surface area (Å²) >= 11 is 0. The molecule has 5 nitrogen and oxygen atoms in total. The molecular weight excluding hydrogens is 288 g/mol. The Hall–Kier alpha value is -1.86. The molecule has 0 heterocycles. The zero-order chi connectivity index (χ0) is 15.9. The van der Waals surface area contributed by atoms with E-state index < -0.39 is 15.3 Å². The number of nitriles is 1. The van der Waals surface area contributed by atoms with E-state index in [2.05, 4.69) is 11.8 Å². The highest BCUT2D eigenvalue weighted by Gasteiger charge is 2.25. The van der Waals surface area contributed by atoms with Crippen LogP contribution >= 0.6 is 0 Å². The minimum absolute atomic E-state index is 0.0326. The number of hydrogen-bond acceptors (Lipinski definition) is 4. The molecular formula is C15H18N2O3S. The Bertz CT molecular complexity index is 664. The molecule has 0 aliphatic heterocycles. The van der Waals surface area contributed by atoms with E-state index in [1.54, 1.807) is 30.3 Å². The molecule has 1 rings (SSSR count). The Morgan fingerprint density at radius 1 is 1.33 bits per heavy atom. The molecule has 112 valence electrons. The first-order valence-electron chi connectivity index (χ1n) is 6.45. The Morgan fingerprint density at radius 3 is 2.48 bits per heavy atom. The summed E-state index contributed by atoms with van der Waals surface area (Å²) in [7, 11) is -2.14. The van der Waals surface area contributed by atoms with Crippen LogP contribution in [0.1, 0.15) is 24.5 Å². The van der Waals surface area contributed by atoms with Crippen molar-refractivity contribution < 1.29 is 13.5 Å². The number of hydrogen-bond donors (Lipinski definition) is 1. The van der Waals surface area contributed by atoms with Gasteiger partial charge in [0.1, 0.15) is 0 Å². The van der Waals surface area contributed by atoms with Crippen molar-refractivity contribution in [2.75, 3.05) is 13.7 Å². The molecule has 0 fully saturated rings. The van der Waals surface area contributed by atoms with Crippen molar-refractivity contribution in [1.29, 1.82) is 5.26 Å². The van der Waals surface area contributed by atoms with Gasteiger partial charge >= 0.3 is 0 Å². The van der Waals surface area contributed by atoms with Crippen molar-refractivity contribution in [1.82, 2.24) is 4.31 Å². The van der Waals surface area contributed by atoms with Crippen LogP contribution in [0.25, 0.3) is 0 Å². The van der Waals surface area contributed by atoms with E-state index in [4.69, 9.17) is 10.4 Å². The summed E-state index contributed by atoms with van der Waals surface area (Å²) in [4.78, 5) is 0. The predicted molar refractivity (Wildman–Crippen MR) is 80.5 cm³/mol. The van der Waals surface area contributed by atoms with Gasteiger partial charge in [0.25, 0.3) is 0 Å². The van der Waals surface area contributed by atoms with E-state index in [1.807, 2.05) is 0 Å². The number of nitrogens with zero attached hydrogens (tertiary/aromatic N) is 2. The van der Waals surface area contributed by atoms with E-state index >= 15 is 0 Å². The zero-order valence-electron chi connectivity index (χ0n) is 12.1. The summed E-state index contributed by atoms with van der Waals surface area (Å²) < 4.78 is 25.1. The van der Waals surface area contributed by atoms with Gasteiger partial charge in [0.05, 0.1) is 12.7 Å². The van der Waals surface area contributed by atoms with Crippen LogP contribution in [0.2, 0.25) is 0 Å². The summed E-state index contributed by atoms with van der Waals surface area (Å²) in [6, 6.07) is 8.94. The molecule has 0 spiro atoms. The quantitative estimate of drug-likeness (QED) is 0.826. The predicted octanol–water partition coefficient (Wildman–Crippen LogP) is 1.09. The maximum absolute atomic E-state index is 12.0. The lowest BCUT2D eigenvalue weighted by Crippen LogP contribution is -2.33. The molecule has 0 radical (unpaired) electrons. The fourth-order valence-corrected chi connectivity index (χ4v) is 2.60. The maximum Gasteiger partial charge on any atom is 0.230 e. The van der Waals surface area contributed by atoms with Crippen LogP contribution < -0.4 is 0 Å². The molecule has 0 bridgehead atoms. The largest absolute Gasteiger partial charge is 0.395 e. The molecule has 0 saturated heterocycles. The first-order chi connectivity index (χ1) is 9.91. The standard InChI is InChI=1S/C15H18N2O3S/c1-13(11-16)21(19,20)17(2)12-15-8-6-14(7-9-15)5-3-4-10-18/h6-9,13,18H,4,10,12H2,1-2H3. The summed E-state index contributed by atoms with van der Waals surface area (Å²) in [5.74, 6) is 5.71. The molecule has 0 aliphatic rings. The lowest BCUT2D eigenvalue weighted by Gasteiger charge is -2.18. The van der Waals surface area contributed by atoms with Crippen LogP contribution in [0, 0.1) is 23.2 Å². The average Bonchev–Trinajstić information content (AvgIpc) is 2.48. The minimum atomic E-state index is -3.60. The third-order valence-electron chi connectivity index (χ3n) is 2.89. The number of aliphatic hydroxyl groups is 1. The van der Waals surface area contributed by atoms with E-state index in [0.29, 0.717) is 6.42 Å². The van der Waals surface area contributed by atoms with E-state index in [-0.39, 0.29) is 13.2 Å². The summed E-state index contributed by atoms with van der Waals surface area (Å²) in [5, 5.41) is 16.3. The Morgan fingerprint density at radius 2 is 1.95 bits per heavy atom. The van der Waals surface area contributed by atoms with Gasteiger partial charge in [0, 0.05) is 25.6 Å². The fraction of sp³-hybridized carbons (Fsp3) is 0.400. The van der Waals surface area contributed by atoms with Gasteiger partial charge in [0.15, 0.2) is 5.25 Å². The smallest absolute Gasteiger partial charge is 0.230 e. The Labute approximate surface area is 125 Å². The summed E-state index contributed by atoms with van der Waals surface area (Å²) in [6.07, 6.45) is 0.425. The first-order valence-corrected chi connectivity index (χ1v) is 7.95. The van der Waals surface area contributed by atoms with E-state index in [0.717, 1.165) is 11.1 Å². The highest BCUT2D eigenvalue weighted by Crippen LogP contribution is 2.12. The van der Waals surface area contributed by atoms with Crippen molar-refractivity contribution in [3.63, 3.8) is 0 Å². The molecule has 0 saturated carbocycles. The molecule has 1 atom stereocenters. The van der Waals surface area contributed by atoms with Gasteiger partial charge in [-0.15, -0.1) is 0 Å². The zero-order valence-corrected chi connectivity index (χ0v) is 12.9. The van der Waals surface area contributed by atoms with Crippen LogP contribution in [0.5, 0.6) is 0 Å². The SMILES string of the molecule is CC(C#N)S(=O)(=O)N(C)Cc1ccc(C#CCCO)cc1. The number of aliphatic hydroxyl groups excluding tert-OH is 1. The minimum Gasteiger partial charge on any atom is -0.395 e. The summed E-state index contributed by atoms with van der Waals surface area (Å²) in [6.45, 7) is 1.61. The van der Waals surface area contributed by atoms with Crippen molar-refractivity contribution >= 4 is 10.0 Å². The van der Waals surface area contributed by atoms with Gasteiger partial charge in [0.2, 0.25) is 10.0 Å². The molecule has 1 unspecified atom stereocenters. The van der Waals surface area contributed by atoms with Crippen LogP contribution in [0.4, 0.5) is 0 Å². The van der Waals surface area contributed by atoms with Crippen molar-refractivity contribution in [2.24, 2.45) is 0 Å². The molecule has 0 aliphatic carbocycles. The molecule has 1 aromatic carbocycles. The summed E-state index contributed by atoms with van der Waals surface area (Å²) in [5.41, 5.74) is 1.63. The van der Waals surface area contributed by atoms with Crippen LogP contribution in [-0.4, -0.2) is 36.7 Å². The highest BCUT2D eigenvalue weighted by molar-refractivity contribution is 7.89. The molecule has 1 aromatic rings. The first kappa shape index (κ1) is 17.2. The van der Waals surface area contributed by atoms with Gasteiger partial charge in [-0.05, 0) is 24.6 Å². The highest BCUT2D eigenvalue weighted by atomic mass is 32.2. The molecule has 0 amide bonds. The Kier molecular flexibility index (Phi) is 6.39. The van der Waals surface area contributed by atoms with Crippen LogP contribution in [0.15, 0.2) is 24.3 Å². The third-order valence-corrected chi connectivity index (χ3v) is 4.89. The van der Waals surface area contributed by atoms with E-state index in [1.165, 1.54) is 18.3 Å². The van der Waals surface area contributed by atoms with Gasteiger partial charge < -0.3 is 5.11 Å². The van der Waals surface area contributed by atoms with Crippen LogP contribution in [-0.2, 0) is 16.6 Å². The second kappa shape index (κ2) is 7.80. The van der Waals surface area contributed by atoms with E-state index in [9.17, 15) is 8.42 Å². The normalized spacial score (nSPS) is 12.3. The topological polar surface area (TPSA) is 81.4 Å². The second-order valence-electron chi connectivity index (χ2n) is 4.54. The Balaban J connectivity index is 2.77. The van der Waals surface area contributed by atoms with Crippen molar-refractivity contribution in [2.45, 2.75) is 25.1 Å². The third kappa shape index (κ3) is 4.87. The lowest BCUT2D eigenvalue weighted by molar-refractivity contribution is 0.305. The monoisotopic (exact) mass is 306 g/mol. The fourth-order valence-electron chi connectivity index (χ4n) is 1.60. The van der Waals surface area contributed by atoms with Gasteiger partial charge in [-0.25, -0.2) is 8.42 Å². The lowest BCUT2D eigenvalue weighted by atomic mass is 10.1. The number of rotatable bonds is 5. The van der Waals surface area contributed by atoms with Gasteiger partial charge in [-0.3, -0.25) is 0 Å². The van der Waals surface area contributed by atoms with Gasteiger partial charge in [-0.2, -0.15) is 9.57 Å². The molecule has 6 heteroatoms.